The number of hydrogen-bond donors (Lipinski definition) is 1. The van der Waals surface area contributed by atoms with Gasteiger partial charge in [0, 0.05) is 17.2 Å². The van der Waals surface area contributed by atoms with Gasteiger partial charge in [0.15, 0.2) is 0 Å². The van der Waals surface area contributed by atoms with E-state index in [-0.39, 0.29) is 17.6 Å². The molecular formula is C20H26O6. The SMILES string of the molecule is C=C(C)C(=O)O.C=C(C)C(=O)OC.C=CC(=O)OC(C)c1ccccc1. The molecule has 0 aliphatic carbocycles. The zero-order valence-corrected chi connectivity index (χ0v) is 15.7. The molecule has 1 aromatic carbocycles. The summed E-state index contributed by atoms with van der Waals surface area (Å²) in [5.74, 6) is -1.67. The topological polar surface area (TPSA) is 89.9 Å². The molecule has 142 valence electrons. The zero-order valence-electron chi connectivity index (χ0n) is 15.7. The third-order valence-electron chi connectivity index (χ3n) is 2.63. The lowest BCUT2D eigenvalue weighted by Crippen LogP contribution is -2.05. The predicted octanol–water partition coefficient (Wildman–Crippen LogP) is 3.86. The Balaban J connectivity index is 0. The van der Waals surface area contributed by atoms with Crippen LogP contribution in [0.4, 0.5) is 0 Å². The molecule has 6 heteroatoms. The summed E-state index contributed by atoms with van der Waals surface area (Å²) in [6, 6.07) is 9.58. The maximum atomic E-state index is 10.9. The molecule has 1 aromatic rings. The van der Waals surface area contributed by atoms with Crippen molar-refractivity contribution in [1.82, 2.24) is 0 Å². The first-order chi connectivity index (χ1) is 12.1. The maximum absolute atomic E-state index is 10.9. The zero-order chi connectivity index (χ0) is 20.7. The minimum Gasteiger partial charge on any atom is -0.478 e. The van der Waals surface area contributed by atoms with E-state index in [1.807, 2.05) is 37.3 Å². The summed E-state index contributed by atoms with van der Waals surface area (Å²) in [6.07, 6.45) is 0.950. The van der Waals surface area contributed by atoms with Crippen molar-refractivity contribution in [3.05, 3.63) is 72.9 Å². The Hall–Kier alpha value is -3.15. The van der Waals surface area contributed by atoms with Gasteiger partial charge in [-0.25, -0.2) is 14.4 Å². The van der Waals surface area contributed by atoms with Crippen LogP contribution < -0.4 is 0 Å². The number of benzene rings is 1. The molecule has 1 atom stereocenters. The highest BCUT2D eigenvalue weighted by Gasteiger charge is 2.07. The molecule has 0 amide bonds. The Labute approximate surface area is 154 Å². The Morgan fingerprint density at radius 1 is 1.08 bits per heavy atom. The number of carbonyl (C=O) groups excluding carboxylic acids is 2. The second kappa shape index (κ2) is 14.2. The molecule has 26 heavy (non-hydrogen) atoms. The molecule has 1 rings (SSSR count). The van der Waals surface area contributed by atoms with Crippen LogP contribution in [0.2, 0.25) is 0 Å². The molecular weight excluding hydrogens is 336 g/mol. The van der Waals surface area contributed by atoms with Gasteiger partial charge < -0.3 is 14.6 Å². The van der Waals surface area contributed by atoms with E-state index in [1.165, 1.54) is 20.1 Å². The molecule has 0 aliphatic rings. The molecule has 1 N–H and O–H groups in total. The molecule has 0 aromatic heterocycles. The van der Waals surface area contributed by atoms with Crippen molar-refractivity contribution in [2.24, 2.45) is 0 Å². The average Bonchev–Trinajstić information content (AvgIpc) is 2.62. The molecule has 0 fully saturated rings. The fraction of sp³-hybridized carbons (Fsp3) is 0.250. The van der Waals surface area contributed by atoms with E-state index >= 15 is 0 Å². The quantitative estimate of drug-likeness (QED) is 0.632. The van der Waals surface area contributed by atoms with Gasteiger partial charge in [0.1, 0.15) is 6.10 Å². The van der Waals surface area contributed by atoms with E-state index < -0.39 is 11.9 Å². The highest BCUT2D eigenvalue weighted by Crippen LogP contribution is 2.15. The van der Waals surface area contributed by atoms with Crippen LogP contribution in [0.15, 0.2) is 67.3 Å². The van der Waals surface area contributed by atoms with E-state index in [0.29, 0.717) is 5.57 Å². The minimum absolute atomic E-state index is 0.176. The van der Waals surface area contributed by atoms with Gasteiger partial charge in [0.05, 0.1) is 7.11 Å². The van der Waals surface area contributed by atoms with Gasteiger partial charge in [-0.15, -0.1) is 0 Å². The van der Waals surface area contributed by atoms with Gasteiger partial charge in [0.2, 0.25) is 0 Å². The predicted molar refractivity (Wildman–Crippen MR) is 100 cm³/mol. The van der Waals surface area contributed by atoms with E-state index in [0.717, 1.165) is 5.56 Å². The van der Waals surface area contributed by atoms with Crippen LogP contribution in [0.3, 0.4) is 0 Å². The van der Waals surface area contributed by atoms with Crippen molar-refractivity contribution in [1.29, 1.82) is 0 Å². The fourth-order valence-corrected chi connectivity index (χ4v) is 1.19. The second-order valence-corrected chi connectivity index (χ2v) is 5.05. The highest BCUT2D eigenvalue weighted by atomic mass is 16.5. The summed E-state index contributed by atoms with van der Waals surface area (Å²) in [7, 11) is 1.33. The number of carbonyl (C=O) groups is 3. The van der Waals surface area contributed by atoms with Crippen LogP contribution in [-0.4, -0.2) is 30.1 Å². The first-order valence-electron chi connectivity index (χ1n) is 7.57. The molecule has 0 spiro atoms. The van der Waals surface area contributed by atoms with Gasteiger partial charge in [-0.05, 0) is 26.3 Å². The number of carboxylic acids is 1. The van der Waals surface area contributed by atoms with Crippen molar-refractivity contribution in [2.45, 2.75) is 26.9 Å². The maximum Gasteiger partial charge on any atom is 0.332 e. The third-order valence-corrected chi connectivity index (χ3v) is 2.63. The monoisotopic (exact) mass is 362 g/mol. The Kier molecular flexibility index (Phi) is 13.7. The Bertz CT molecular complexity index is 619. The number of esters is 2. The van der Waals surface area contributed by atoms with Gasteiger partial charge in [-0.2, -0.15) is 0 Å². The molecule has 0 radical (unpaired) electrons. The first kappa shape index (κ1) is 25.1. The van der Waals surface area contributed by atoms with E-state index in [9.17, 15) is 14.4 Å². The molecule has 0 saturated carbocycles. The van der Waals surface area contributed by atoms with E-state index in [2.05, 4.69) is 24.5 Å². The van der Waals surface area contributed by atoms with Gasteiger partial charge in [-0.1, -0.05) is 50.1 Å². The summed E-state index contributed by atoms with van der Waals surface area (Å²) in [4.78, 5) is 30.6. The number of methoxy groups -OCH3 is 1. The average molecular weight is 362 g/mol. The molecule has 0 heterocycles. The van der Waals surface area contributed by atoms with Crippen molar-refractivity contribution < 1.29 is 29.0 Å². The van der Waals surface area contributed by atoms with Crippen LogP contribution in [0.25, 0.3) is 0 Å². The molecule has 0 saturated heterocycles. The lowest BCUT2D eigenvalue weighted by molar-refractivity contribution is -0.142. The molecule has 6 nitrogen and oxygen atoms in total. The normalized spacial score (nSPS) is 9.69. The molecule has 0 bridgehead atoms. The summed E-state index contributed by atoms with van der Waals surface area (Å²) in [5, 5.41) is 7.89. The van der Waals surface area contributed by atoms with Crippen molar-refractivity contribution >= 4 is 17.9 Å². The minimum atomic E-state index is -0.935. The second-order valence-electron chi connectivity index (χ2n) is 5.05. The summed E-state index contributed by atoms with van der Waals surface area (Å²) >= 11 is 0. The lowest BCUT2D eigenvalue weighted by Gasteiger charge is -2.11. The lowest BCUT2D eigenvalue weighted by atomic mass is 10.1. The third kappa shape index (κ3) is 13.3. The summed E-state index contributed by atoms with van der Waals surface area (Å²) < 4.78 is 9.30. The van der Waals surface area contributed by atoms with E-state index in [4.69, 9.17) is 9.84 Å². The van der Waals surface area contributed by atoms with Crippen molar-refractivity contribution in [3.63, 3.8) is 0 Å². The molecule has 1 unspecified atom stereocenters. The van der Waals surface area contributed by atoms with Crippen LogP contribution in [0, 0.1) is 0 Å². The van der Waals surface area contributed by atoms with Crippen LogP contribution in [-0.2, 0) is 23.9 Å². The molecule has 0 aliphatic heterocycles. The number of ether oxygens (including phenoxy) is 2. The van der Waals surface area contributed by atoms with Gasteiger partial charge in [0.25, 0.3) is 0 Å². The van der Waals surface area contributed by atoms with Crippen molar-refractivity contribution in [2.75, 3.05) is 7.11 Å². The van der Waals surface area contributed by atoms with Crippen LogP contribution in [0.5, 0.6) is 0 Å². The summed E-state index contributed by atoms with van der Waals surface area (Å²) in [5.41, 5.74) is 1.59. The van der Waals surface area contributed by atoms with Crippen LogP contribution >= 0.6 is 0 Å². The number of carboxylic acid groups (broad SMARTS) is 1. The number of rotatable bonds is 5. The number of hydrogen-bond acceptors (Lipinski definition) is 5. The Morgan fingerprint density at radius 3 is 1.81 bits per heavy atom. The van der Waals surface area contributed by atoms with Crippen LogP contribution in [0.1, 0.15) is 32.4 Å². The van der Waals surface area contributed by atoms with Gasteiger partial charge >= 0.3 is 17.9 Å². The van der Waals surface area contributed by atoms with Gasteiger partial charge in [-0.3, -0.25) is 0 Å². The Morgan fingerprint density at radius 2 is 1.54 bits per heavy atom. The van der Waals surface area contributed by atoms with E-state index in [1.54, 1.807) is 6.92 Å². The number of aliphatic carboxylic acids is 1. The largest absolute Gasteiger partial charge is 0.478 e. The summed E-state index contributed by atoms with van der Waals surface area (Å²) in [6.45, 7) is 14.7. The van der Waals surface area contributed by atoms with Crippen molar-refractivity contribution in [3.8, 4) is 0 Å². The standard InChI is InChI=1S/C11H12O2.C5H8O2.C4H6O2/c1-3-11(12)13-9(2)10-7-5-4-6-8-10;1-4(2)5(6)7-3;1-3(2)4(5)6/h3-9H,1H2,2H3;1H2,2-3H3;1H2,2H3,(H,5,6). The highest BCUT2D eigenvalue weighted by molar-refractivity contribution is 5.86. The smallest absolute Gasteiger partial charge is 0.332 e. The first-order valence-corrected chi connectivity index (χ1v) is 7.57. The fourth-order valence-electron chi connectivity index (χ4n) is 1.19.